The fourth-order valence-electron chi connectivity index (χ4n) is 5.32. The van der Waals surface area contributed by atoms with E-state index in [-0.39, 0.29) is 12.8 Å². The Hall–Kier alpha value is -4.42. The number of carboxylic acid groups (broad SMARTS) is 1. The van der Waals surface area contributed by atoms with Gasteiger partial charge in [0.05, 0.1) is 0 Å². The first-order chi connectivity index (χ1) is 18.1. The average molecular weight is 491 g/mol. The summed E-state index contributed by atoms with van der Waals surface area (Å²) in [7, 11) is 0. The summed E-state index contributed by atoms with van der Waals surface area (Å²) in [6.45, 7) is 0. The Kier molecular flexibility index (Phi) is 5.94. The summed E-state index contributed by atoms with van der Waals surface area (Å²) < 4.78 is 0. The van der Waals surface area contributed by atoms with Crippen molar-refractivity contribution >= 4 is 55.2 Å². The van der Waals surface area contributed by atoms with Gasteiger partial charge < -0.3 is 14.9 Å². The topological polar surface area (TPSA) is 91.4 Å². The Balaban J connectivity index is 1.10. The van der Waals surface area contributed by atoms with Crippen LogP contribution in [-0.2, 0) is 27.3 Å². The Bertz CT molecular complexity index is 1740. The molecule has 0 aliphatic rings. The maximum Gasteiger partial charge on any atom is 0.324 e. The Morgan fingerprint density at radius 3 is 2.35 bits per heavy atom. The van der Waals surface area contributed by atoms with Crippen molar-refractivity contribution in [3.63, 3.8) is 0 Å². The number of aliphatic carboxylic acids is 1. The van der Waals surface area contributed by atoms with E-state index in [0.717, 1.165) is 22.9 Å². The number of hydrogen-bond acceptors (Lipinski definition) is 4. The predicted octanol–water partition coefficient (Wildman–Crippen LogP) is 6.13. The van der Waals surface area contributed by atoms with Crippen LogP contribution < -0.4 is 5.48 Å². The number of aryl methyl sites for hydroxylation is 1. The number of aromatic nitrogens is 1. The molecular formula is C31H26N2O4. The van der Waals surface area contributed by atoms with Crippen molar-refractivity contribution in [1.29, 1.82) is 0 Å². The van der Waals surface area contributed by atoms with Crippen molar-refractivity contribution in [2.24, 2.45) is 0 Å². The number of hydroxylamine groups is 1. The van der Waals surface area contributed by atoms with Crippen LogP contribution in [0.4, 0.5) is 0 Å². The molecule has 37 heavy (non-hydrogen) atoms. The molecule has 1 atom stereocenters. The minimum atomic E-state index is -1.08. The van der Waals surface area contributed by atoms with Crippen molar-refractivity contribution < 1.29 is 19.5 Å². The van der Waals surface area contributed by atoms with E-state index in [1.165, 1.54) is 37.9 Å². The van der Waals surface area contributed by atoms with Gasteiger partial charge in [0, 0.05) is 29.9 Å². The number of carbonyl (C=O) groups is 2. The molecule has 0 saturated heterocycles. The molecule has 1 aromatic heterocycles. The molecule has 0 amide bonds. The minimum Gasteiger partial charge on any atom is -0.480 e. The van der Waals surface area contributed by atoms with Crippen LogP contribution in [0.1, 0.15) is 24.0 Å². The lowest BCUT2D eigenvalue weighted by molar-refractivity contribution is -0.158. The van der Waals surface area contributed by atoms with Crippen LogP contribution in [0.3, 0.4) is 0 Å². The first kappa shape index (κ1) is 23.0. The average Bonchev–Trinajstić information content (AvgIpc) is 3.33. The molecule has 0 unspecified atom stereocenters. The number of fused-ring (bicyclic) bond motifs is 1. The molecule has 184 valence electrons. The molecule has 0 saturated carbocycles. The van der Waals surface area contributed by atoms with Crippen LogP contribution in [0, 0.1) is 0 Å². The number of carboxylic acids is 1. The number of para-hydroxylation sites is 1. The highest BCUT2D eigenvalue weighted by molar-refractivity contribution is 6.23. The van der Waals surface area contributed by atoms with Gasteiger partial charge in [0.2, 0.25) is 0 Å². The van der Waals surface area contributed by atoms with Crippen molar-refractivity contribution in [3.05, 3.63) is 96.2 Å². The van der Waals surface area contributed by atoms with Gasteiger partial charge in [-0.05, 0) is 62.4 Å². The molecule has 0 aliphatic carbocycles. The van der Waals surface area contributed by atoms with Crippen LogP contribution in [0.15, 0.2) is 85.1 Å². The molecule has 6 heteroatoms. The highest BCUT2D eigenvalue weighted by Gasteiger charge is 2.21. The molecule has 6 rings (SSSR count). The van der Waals surface area contributed by atoms with Gasteiger partial charge in [0.25, 0.3) is 0 Å². The molecule has 0 bridgehead atoms. The summed E-state index contributed by atoms with van der Waals surface area (Å²) in [5.41, 5.74) is 5.44. The van der Waals surface area contributed by atoms with E-state index in [1.54, 1.807) is 6.20 Å². The van der Waals surface area contributed by atoms with Crippen molar-refractivity contribution in [2.45, 2.75) is 31.7 Å². The lowest BCUT2D eigenvalue weighted by Crippen LogP contribution is -2.39. The number of carbonyl (C=O) groups excluding carboxylic acids is 1. The Morgan fingerprint density at radius 1 is 0.811 bits per heavy atom. The second-order valence-electron chi connectivity index (χ2n) is 9.48. The monoisotopic (exact) mass is 490 g/mol. The zero-order chi connectivity index (χ0) is 25.4. The summed E-state index contributed by atoms with van der Waals surface area (Å²) >= 11 is 0. The summed E-state index contributed by atoms with van der Waals surface area (Å²) in [6.07, 6.45) is 3.50. The SMILES string of the molecule is O=C(CCCc1ccc2ccc3cccc4ccc1c2c34)ON[C@@H](Cc1c[nH]c2ccccc12)C(=O)O. The van der Waals surface area contributed by atoms with E-state index >= 15 is 0 Å². The van der Waals surface area contributed by atoms with Gasteiger partial charge in [-0.15, -0.1) is 5.48 Å². The van der Waals surface area contributed by atoms with Gasteiger partial charge in [-0.25, -0.2) is 0 Å². The summed E-state index contributed by atoms with van der Waals surface area (Å²) in [5.74, 6) is -1.55. The van der Waals surface area contributed by atoms with Gasteiger partial charge in [0.15, 0.2) is 0 Å². The predicted molar refractivity (Wildman–Crippen MR) is 146 cm³/mol. The highest BCUT2D eigenvalue weighted by atomic mass is 16.7. The normalized spacial score (nSPS) is 12.5. The van der Waals surface area contributed by atoms with Crippen LogP contribution in [0.2, 0.25) is 0 Å². The zero-order valence-corrected chi connectivity index (χ0v) is 20.2. The highest BCUT2D eigenvalue weighted by Crippen LogP contribution is 2.36. The fraction of sp³-hybridized carbons (Fsp3) is 0.161. The number of benzene rings is 5. The molecule has 6 aromatic rings. The maximum absolute atomic E-state index is 12.4. The zero-order valence-electron chi connectivity index (χ0n) is 20.2. The molecule has 1 heterocycles. The van der Waals surface area contributed by atoms with Crippen LogP contribution >= 0.6 is 0 Å². The molecule has 3 N–H and O–H groups in total. The first-order valence-electron chi connectivity index (χ1n) is 12.5. The Morgan fingerprint density at radius 2 is 1.54 bits per heavy atom. The standard InChI is InChI=1S/C31H26N2O4/c34-28(37-33-27(31(35)36)17-23-18-32-26-9-2-1-8-24(23)26)10-4-5-19-11-12-22-14-13-20-6-3-7-21-15-16-25(19)30(22)29(20)21/h1-3,6-9,11-16,18,27,32-33H,4-5,10,17H2,(H,35,36)/t27-/m0/s1. The Labute approximate surface area is 213 Å². The van der Waals surface area contributed by atoms with E-state index in [4.69, 9.17) is 4.84 Å². The number of nitrogens with one attached hydrogen (secondary N) is 2. The quantitative estimate of drug-likeness (QED) is 0.167. The summed E-state index contributed by atoms with van der Waals surface area (Å²) in [6, 6.07) is 25.9. The van der Waals surface area contributed by atoms with Gasteiger partial charge >= 0.3 is 11.9 Å². The fourth-order valence-corrected chi connectivity index (χ4v) is 5.32. The van der Waals surface area contributed by atoms with Crippen LogP contribution in [0.25, 0.3) is 43.2 Å². The number of aromatic amines is 1. The van der Waals surface area contributed by atoms with Crippen LogP contribution in [0.5, 0.6) is 0 Å². The smallest absolute Gasteiger partial charge is 0.324 e. The van der Waals surface area contributed by atoms with Crippen LogP contribution in [-0.4, -0.2) is 28.1 Å². The van der Waals surface area contributed by atoms with E-state index in [1.807, 2.05) is 24.3 Å². The first-order valence-corrected chi connectivity index (χ1v) is 12.5. The lowest BCUT2D eigenvalue weighted by atomic mass is 9.90. The molecule has 0 aliphatic heterocycles. The van der Waals surface area contributed by atoms with E-state index in [9.17, 15) is 14.7 Å². The van der Waals surface area contributed by atoms with Gasteiger partial charge in [-0.1, -0.05) is 72.8 Å². The van der Waals surface area contributed by atoms with Crippen molar-refractivity contribution in [3.8, 4) is 0 Å². The van der Waals surface area contributed by atoms with E-state index in [0.29, 0.717) is 6.42 Å². The van der Waals surface area contributed by atoms with Crippen molar-refractivity contribution in [2.75, 3.05) is 0 Å². The molecule has 0 spiro atoms. The molecule has 0 fully saturated rings. The number of H-pyrrole nitrogens is 1. The second kappa shape index (κ2) is 9.56. The summed E-state index contributed by atoms with van der Waals surface area (Å²) in [4.78, 5) is 32.5. The van der Waals surface area contributed by atoms with E-state index < -0.39 is 18.0 Å². The van der Waals surface area contributed by atoms with E-state index in [2.05, 4.69) is 65.1 Å². The third-order valence-electron chi connectivity index (χ3n) is 7.16. The lowest BCUT2D eigenvalue weighted by Gasteiger charge is -2.15. The minimum absolute atomic E-state index is 0.189. The largest absolute Gasteiger partial charge is 0.480 e. The molecule has 6 nitrogen and oxygen atoms in total. The second-order valence-corrected chi connectivity index (χ2v) is 9.48. The number of hydrogen-bond donors (Lipinski definition) is 3. The van der Waals surface area contributed by atoms with Gasteiger partial charge in [-0.2, -0.15) is 0 Å². The third-order valence-corrected chi connectivity index (χ3v) is 7.16. The van der Waals surface area contributed by atoms with Gasteiger partial charge in [0.1, 0.15) is 6.04 Å². The molecule has 5 aromatic carbocycles. The third kappa shape index (κ3) is 4.36. The summed E-state index contributed by atoms with van der Waals surface area (Å²) in [5, 5.41) is 18.0. The molecular weight excluding hydrogens is 464 g/mol. The number of rotatable bonds is 9. The maximum atomic E-state index is 12.4. The molecule has 0 radical (unpaired) electrons. The van der Waals surface area contributed by atoms with Crippen molar-refractivity contribution in [1.82, 2.24) is 10.5 Å². The van der Waals surface area contributed by atoms with Gasteiger partial charge in [-0.3, -0.25) is 9.59 Å².